The molecule has 3 aromatic carbocycles. The van der Waals surface area contributed by atoms with E-state index in [1.165, 1.54) is 18.2 Å². The number of nitrogens with zero attached hydrogens (tertiary/aromatic N) is 1. The van der Waals surface area contributed by atoms with Crippen molar-refractivity contribution in [2.24, 2.45) is 0 Å². The zero-order valence-corrected chi connectivity index (χ0v) is 15.3. The van der Waals surface area contributed by atoms with Crippen LogP contribution in [0.15, 0.2) is 66.7 Å². The molecular formula is C23H16FNO4. The van der Waals surface area contributed by atoms with E-state index in [4.69, 9.17) is 19.5 Å². The van der Waals surface area contributed by atoms with E-state index in [1.807, 2.05) is 36.4 Å². The maximum Gasteiger partial charge on any atom is 0.338 e. The van der Waals surface area contributed by atoms with E-state index in [-0.39, 0.29) is 18.8 Å². The van der Waals surface area contributed by atoms with Crippen molar-refractivity contribution in [3.05, 3.63) is 100 Å². The van der Waals surface area contributed by atoms with Crippen LogP contribution in [0.1, 0.15) is 38.9 Å². The van der Waals surface area contributed by atoms with Crippen molar-refractivity contribution in [1.29, 1.82) is 5.26 Å². The van der Waals surface area contributed by atoms with E-state index >= 15 is 0 Å². The molecule has 144 valence electrons. The minimum absolute atomic E-state index is 0.169. The molecule has 1 atom stereocenters. The smallest absolute Gasteiger partial charge is 0.338 e. The van der Waals surface area contributed by atoms with Crippen molar-refractivity contribution >= 4 is 5.97 Å². The predicted molar refractivity (Wildman–Crippen MR) is 101 cm³/mol. The van der Waals surface area contributed by atoms with Gasteiger partial charge >= 0.3 is 5.97 Å². The first kappa shape index (κ1) is 18.7. The van der Waals surface area contributed by atoms with Crippen molar-refractivity contribution in [3.63, 3.8) is 0 Å². The molecule has 6 heteroatoms. The highest BCUT2D eigenvalue weighted by Gasteiger charge is 2.25. The standard InChI is InChI=1S/C23H16FNO4/c24-20-10-18(13-27-22(26)17-8-4-5-15(9-17)12-25)21-19(11-20)14-28-23(29-21)16-6-2-1-3-7-16/h1-11,23H,13-14H2. The molecule has 0 radical (unpaired) electrons. The van der Waals surface area contributed by atoms with Gasteiger partial charge in [0.1, 0.15) is 18.2 Å². The van der Waals surface area contributed by atoms with E-state index in [9.17, 15) is 9.18 Å². The highest BCUT2D eigenvalue weighted by atomic mass is 19.1. The van der Waals surface area contributed by atoms with Crippen LogP contribution < -0.4 is 4.74 Å². The minimum Gasteiger partial charge on any atom is -0.460 e. The highest BCUT2D eigenvalue weighted by Crippen LogP contribution is 2.36. The summed E-state index contributed by atoms with van der Waals surface area (Å²) in [5.74, 6) is -0.622. The Balaban J connectivity index is 1.55. The number of nitriles is 1. The topological polar surface area (TPSA) is 68.6 Å². The molecule has 0 bridgehead atoms. The van der Waals surface area contributed by atoms with Gasteiger partial charge in [-0.2, -0.15) is 5.26 Å². The van der Waals surface area contributed by atoms with E-state index in [2.05, 4.69) is 0 Å². The molecule has 0 saturated carbocycles. The predicted octanol–water partition coefficient (Wildman–Crippen LogP) is 4.66. The molecule has 3 aromatic rings. The molecule has 29 heavy (non-hydrogen) atoms. The molecule has 0 saturated heterocycles. The van der Waals surface area contributed by atoms with Crippen LogP contribution in [0.4, 0.5) is 4.39 Å². The lowest BCUT2D eigenvalue weighted by molar-refractivity contribution is -0.112. The van der Waals surface area contributed by atoms with Crippen LogP contribution in [0, 0.1) is 17.1 Å². The van der Waals surface area contributed by atoms with Gasteiger partial charge < -0.3 is 14.2 Å². The molecule has 0 aromatic heterocycles. The first-order valence-corrected chi connectivity index (χ1v) is 8.96. The normalized spacial score (nSPS) is 15.0. The summed E-state index contributed by atoms with van der Waals surface area (Å²) in [5.41, 5.74) is 2.40. The number of halogens is 1. The van der Waals surface area contributed by atoms with Crippen LogP contribution in [-0.2, 0) is 22.7 Å². The Kier molecular flexibility index (Phi) is 5.23. The van der Waals surface area contributed by atoms with E-state index < -0.39 is 18.1 Å². The number of fused-ring (bicyclic) bond motifs is 1. The van der Waals surface area contributed by atoms with Gasteiger partial charge in [0, 0.05) is 16.7 Å². The van der Waals surface area contributed by atoms with Crippen LogP contribution in [0.3, 0.4) is 0 Å². The highest BCUT2D eigenvalue weighted by molar-refractivity contribution is 5.89. The molecule has 5 nitrogen and oxygen atoms in total. The number of carbonyl (C=O) groups excluding carboxylic acids is 1. The van der Waals surface area contributed by atoms with E-state index in [0.717, 1.165) is 5.56 Å². The summed E-state index contributed by atoms with van der Waals surface area (Å²) in [6, 6.07) is 20.2. The molecule has 4 rings (SSSR count). The summed E-state index contributed by atoms with van der Waals surface area (Å²) >= 11 is 0. The van der Waals surface area contributed by atoms with Crippen LogP contribution in [0.2, 0.25) is 0 Å². The van der Waals surface area contributed by atoms with Gasteiger partial charge in [-0.25, -0.2) is 9.18 Å². The molecule has 0 spiro atoms. The second-order valence-corrected chi connectivity index (χ2v) is 6.49. The maximum atomic E-state index is 14.0. The zero-order valence-electron chi connectivity index (χ0n) is 15.3. The third kappa shape index (κ3) is 4.10. The third-order valence-electron chi connectivity index (χ3n) is 4.48. The summed E-state index contributed by atoms with van der Waals surface area (Å²) in [5, 5.41) is 8.96. The second kappa shape index (κ2) is 8.13. The van der Waals surface area contributed by atoms with Crippen LogP contribution in [0.25, 0.3) is 0 Å². The van der Waals surface area contributed by atoms with Crippen molar-refractivity contribution in [2.75, 3.05) is 0 Å². The molecule has 0 fully saturated rings. The Morgan fingerprint density at radius 3 is 2.76 bits per heavy atom. The minimum atomic E-state index is -0.629. The van der Waals surface area contributed by atoms with Crippen LogP contribution in [0.5, 0.6) is 5.75 Å². The van der Waals surface area contributed by atoms with E-state index in [1.54, 1.807) is 18.2 Å². The van der Waals surface area contributed by atoms with Crippen LogP contribution in [-0.4, -0.2) is 5.97 Å². The summed E-state index contributed by atoms with van der Waals surface area (Å²) in [6.45, 7) is 0.00896. The van der Waals surface area contributed by atoms with Gasteiger partial charge in [0.05, 0.1) is 23.8 Å². The number of benzene rings is 3. The van der Waals surface area contributed by atoms with Crippen molar-refractivity contribution in [3.8, 4) is 11.8 Å². The lowest BCUT2D eigenvalue weighted by atomic mass is 10.1. The first-order valence-electron chi connectivity index (χ1n) is 8.96. The number of esters is 1. The van der Waals surface area contributed by atoms with Gasteiger partial charge in [0.2, 0.25) is 6.29 Å². The summed E-state index contributed by atoms with van der Waals surface area (Å²) < 4.78 is 31.0. The molecule has 1 heterocycles. The van der Waals surface area contributed by atoms with Crippen molar-refractivity contribution in [1.82, 2.24) is 0 Å². The lowest BCUT2D eigenvalue weighted by Crippen LogP contribution is -2.20. The first-order chi connectivity index (χ1) is 14.1. The van der Waals surface area contributed by atoms with Gasteiger partial charge in [-0.05, 0) is 30.3 Å². The van der Waals surface area contributed by atoms with E-state index in [0.29, 0.717) is 22.4 Å². The van der Waals surface area contributed by atoms with Gasteiger partial charge in [-0.3, -0.25) is 0 Å². The third-order valence-corrected chi connectivity index (χ3v) is 4.48. The summed E-state index contributed by atoms with van der Waals surface area (Å²) in [6.07, 6.45) is -0.629. The Hall–Kier alpha value is -3.69. The van der Waals surface area contributed by atoms with Gasteiger partial charge in [0.15, 0.2) is 0 Å². The Labute approximate surface area is 166 Å². The monoisotopic (exact) mass is 389 g/mol. The average Bonchev–Trinajstić information content (AvgIpc) is 2.77. The fourth-order valence-electron chi connectivity index (χ4n) is 3.10. The Bertz CT molecular complexity index is 1090. The fraction of sp³-hybridized carbons (Fsp3) is 0.130. The number of hydrogen-bond donors (Lipinski definition) is 0. The van der Waals surface area contributed by atoms with Gasteiger partial charge in [-0.1, -0.05) is 36.4 Å². The van der Waals surface area contributed by atoms with Gasteiger partial charge in [-0.15, -0.1) is 0 Å². The Morgan fingerprint density at radius 2 is 1.97 bits per heavy atom. The second-order valence-electron chi connectivity index (χ2n) is 6.49. The molecule has 0 aliphatic carbocycles. The lowest BCUT2D eigenvalue weighted by Gasteiger charge is -2.28. The maximum absolute atomic E-state index is 14.0. The van der Waals surface area contributed by atoms with Crippen molar-refractivity contribution in [2.45, 2.75) is 19.5 Å². The molecule has 1 aliphatic rings. The largest absolute Gasteiger partial charge is 0.460 e. The molecule has 0 amide bonds. The van der Waals surface area contributed by atoms with Gasteiger partial charge in [0.25, 0.3) is 0 Å². The fourth-order valence-corrected chi connectivity index (χ4v) is 3.10. The number of rotatable bonds is 4. The number of ether oxygens (including phenoxy) is 3. The molecular weight excluding hydrogens is 373 g/mol. The molecule has 0 N–H and O–H groups in total. The summed E-state index contributed by atoms with van der Waals surface area (Å²) in [4.78, 5) is 12.3. The summed E-state index contributed by atoms with van der Waals surface area (Å²) in [7, 11) is 0. The van der Waals surface area contributed by atoms with Crippen LogP contribution >= 0.6 is 0 Å². The zero-order chi connectivity index (χ0) is 20.2. The van der Waals surface area contributed by atoms with Crippen molar-refractivity contribution < 1.29 is 23.4 Å². The SMILES string of the molecule is N#Cc1cccc(C(=O)OCc2cc(F)cc3c2OC(c2ccccc2)OC3)c1. The number of carbonyl (C=O) groups is 1. The average molecular weight is 389 g/mol. The Morgan fingerprint density at radius 1 is 1.14 bits per heavy atom. The molecule has 1 unspecified atom stereocenters. The molecule has 1 aliphatic heterocycles. The quantitative estimate of drug-likeness (QED) is 0.607. The number of hydrogen-bond acceptors (Lipinski definition) is 5.